The lowest BCUT2D eigenvalue weighted by atomic mass is 10.1. The van der Waals surface area contributed by atoms with Crippen molar-refractivity contribution in [1.82, 2.24) is 9.80 Å². The summed E-state index contributed by atoms with van der Waals surface area (Å²) < 4.78 is 6.64. The van der Waals surface area contributed by atoms with Gasteiger partial charge in [0, 0.05) is 29.2 Å². The Labute approximate surface area is 196 Å². The molecule has 0 saturated carbocycles. The summed E-state index contributed by atoms with van der Waals surface area (Å²) in [5.74, 6) is 0.323. The summed E-state index contributed by atoms with van der Waals surface area (Å²) in [5, 5.41) is 9.85. The Kier molecular flexibility index (Phi) is 9.78. The van der Waals surface area contributed by atoms with Gasteiger partial charge in [-0.1, -0.05) is 26.3 Å². The minimum absolute atomic E-state index is 0.348. The molecular formula is C25H39N3O3S. The Balaban J connectivity index is 0.000000182. The summed E-state index contributed by atoms with van der Waals surface area (Å²) in [6, 6.07) is 7.83. The van der Waals surface area contributed by atoms with Gasteiger partial charge in [-0.2, -0.15) is 0 Å². The van der Waals surface area contributed by atoms with Crippen LogP contribution in [0, 0.1) is 5.92 Å². The van der Waals surface area contributed by atoms with E-state index in [-0.39, 0.29) is 0 Å². The van der Waals surface area contributed by atoms with Crippen molar-refractivity contribution in [3.63, 3.8) is 0 Å². The molecule has 3 N–H and O–H groups in total. The maximum absolute atomic E-state index is 10.9. The van der Waals surface area contributed by atoms with Crippen LogP contribution in [0.3, 0.4) is 0 Å². The van der Waals surface area contributed by atoms with E-state index in [4.69, 9.17) is 15.6 Å². The number of hydrogen-bond acceptors (Lipinski definition) is 6. The van der Waals surface area contributed by atoms with Crippen LogP contribution in [0.4, 0.5) is 0 Å². The van der Waals surface area contributed by atoms with Gasteiger partial charge >= 0.3 is 5.97 Å². The summed E-state index contributed by atoms with van der Waals surface area (Å²) in [6.07, 6.45) is 6.64. The molecule has 0 aliphatic carbocycles. The highest BCUT2D eigenvalue weighted by atomic mass is 32.1. The maximum atomic E-state index is 10.9. The number of hydrogen-bond donors (Lipinski definition) is 2. The van der Waals surface area contributed by atoms with Gasteiger partial charge in [0.2, 0.25) is 0 Å². The fraction of sp³-hybridized carbons (Fsp3) is 0.640. The molecule has 0 amide bonds. The lowest BCUT2D eigenvalue weighted by Gasteiger charge is -2.33. The first-order chi connectivity index (χ1) is 15.4. The number of thiophene rings is 1. The summed E-state index contributed by atoms with van der Waals surface area (Å²) in [7, 11) is 0. The molecule has 0 atom stereocenters. The molecule has 32 heavy (non-hydrogen) atoms. The molecule has 1 aromatic heterocycles. The summed E-state index contributed by atoms with van der Waals surface area (Å²) in [6.45, 7) is 12.4. The van der Waals surface area contributed by atoms with Crippen LogP contribution >= 0.6 is 11.3 Å². The predicted octanol–water partition coefficient (Wildman–Crippen LogP) is 4.53. The normalized spacial score (nSPS) is 18.5. The second-order valence-corrected chi connectivity index (χ2v) is 10.5. The van der Waals surface area contributed by atoms with Crippen molar-refractivity contribution in [3.05, 3.63) is 29.1 Å². The highest BCUT2D eigenvalue weighted by molar-refractivity contribution is 7.20. The minimum atomic E-state index is -0.888. The monoisotopic (exact) mass is 461 g/mol. The maximum Gasteiger partial charge on any atom is 0.345 e. The van der Waals surface area contributed by atoms with Gasteiger partial charge < -0.3 is 25.4 Å². The number of piperidine rings is 2. The third-order valence-electron chi connectivity index (χ3n) is 6.12. The molecule has 178 valence electrons. The Morgan fingerprint density at radius 1 is 1.12 bits per heavy atom. The molecule has 2 aromatic rings. The first-order valence-corrected chi connectivity index (χ1v) is 12.8. The highest BCUT2D eigenvalue weighted by Gasteiger charge is 2.17. The van der Waals surface area contributed by atoms with E-state index in [0.717, 1.165) is 15.8 Å². The van der Waals surface area contributed by atoms with Crippen LogP contribution in [0.15, 0.2) is 24.3 Å². The SMILES string of the molecule is CC(C)COc1cccc2sc(C(=O)O)cc12.NC1CCN(CCN2CCCCC2)CC1. The minimum Gasteiger partial charge on any atom is -0.493 e. The average molecular weight is 462 g/mol. The van der Waals surface area contributed by atoms with Crippen LogP contribution in [-0.4, -0.2) is 72.8 Å². The molecule has 0 spiro atoms. The van der Waals surface area contributed by atoms with Gasteiger partial charge in [0.05, 0.1) is 6.61 Å². The Morgan fingerprint density at radius 3 is 2.41 bits per heavy atom. The van der Waals surface area contributed by atoms with Gasteiger partial charge in [0.25, 0.3) is 0 Å². The summed E-state index contributed by atoms with van der Waals surface area (Å²) in [5.41, 5.74) is 5.90. The molecule has 7 heteroatoms. The van der Waals surface area contributed by atoms with Crippen LogP contribution < -0.4 is 10.5 Å². The number of nitrogens with two attached hydrogens (primary N) is 1. The molecule has 6 nitrogen and oxygen atoms in total. The van der Waals surface area contributed by atoms with Crippen molar-refractivity contribution in [2.45, 2.75) is 52.0 Å². The van der Waals surface area contributed by atoms with Crippen molar-refractivity contribution in [3.8, 4) is 5.75 Å². The van der Waals surface area contributed by atoms with Crippen molar-refractivity contribution >= 4 is 27.4 Å². The quantitative estimate of drug-likeness (QED) is 0.631. The summed E-state index contributed by atoms with van der Waals surface area (Å²) in [4.78, 5) is 16.5. The number of ether oxygens (including phenoxy) is 1. The lowest BCUT2D eigenvalue weighted by molar-refractivity contribution is 0.0702. The van der Waals surface area contributed by atoms with Crippen molar-refractivity contribution in [2.24, 2.45) is 11.7 Å². The van der Waals surface area contributed by atoms with Crippen LogP contribution in [0.25, 0.3) is 10.1 Å². The average Bonchev–Trinajstić information content (AvgIpc) is 3.24. The van der Waals surface area contributed by atoms with E-state index in [1.54, 1.807) is 6.07 Å². The third-order valence-corrected chi connectivity index (χ3v) is 7.21. The topological polar surface area (TPSA) is 79.0 Å². The lowest BCUT2D eigenvalue weighted by Crippen LogP contribution is -2.43. The van der Waals surface area contributed by atoms with Gasteiger partial charge in [0.1, 0.15) is 10.6 Å². The Bertz CT molecular complexity index is 840. The number of aromatic carboxylic acids is 1. The zero-order chi connectivity index (χ0) is 22.9. The first kappa shape index (κ1) is 25.0. The van der Waals surface area contributed by atoms with Crippen molar-refractivity contribution < 1.29 is 14.6 Å². The van der Waals surface area contributed by atoms with E-state index in [9.17, 15) is 4.79 Å². The van der Waals surface area contributed by atoms with E-state index < -0.39 is 5.97 Å². The number of nitrogens with zero attached hydrogens (tertiary/aromatic N) is 2. The second-order valence-electron chi connectivity index (χ2n) is 9.37. The van der Waals surface area contributed by atoms with E-state index >= 15 is 0 Å². The Hall–Kier alpha value is -1.67. The van der Waals surface area contributed by atoms with Gasteiger partial charge in [-0.25, -0.2) is 4.79 Å². The number of rotatable bonds is 7. The second kappa shape index (κ2) is 12.5. The number of fused-ring (bicyclic) bond motifs is 1. The van der Waals surface area contributed by atoms with E-state index in [1.165, 1.54) is 82.7 Å². The fourth-order valence-electron chi connectivity index (χ4n) is 4.16. The van der Waals surface area contributed by atoms with Crippen LogP contribution in [-0.2, 0) is 0 Å². The molecule has 2 aliphatic rings. The van der Waals surface area contributed by atoms with E-state index in [1.807, 2.05) is 18.2 Å². The zero-order valence-corrected chi connectivity index (χ0v) is 20.4. The standard InChI is InChI=1S/C13H14O3S.C12H25N3/c1-8(2)7-16-10-4-3-5-11-9(10)6-12(17-11)13(14)15;13-12-4-8-15(9-5-12)11-10-14-6-2-1-3-7-14/h3-6,8H,7H2,1-2H3,(H,14,15);12H,1-11,13H2. The van der Waals surface area contributed by atoms with E-state index in [0.29, 0.717) is 23.4 Å². The largest absolute Gasteiger partial charge is 0.493 e. The predicted molar refractivity (Wildman–Crippen MR) is 133 cm³/mol. The summed E-state index contributed by atoms with van der Waals surface area (Å²) >= 11 is 1.27. The molecule has 0 bridgehead atoms. The van der Waals surface area contributed by atoms with Gasteiger partial charge in [0.15, 0.2) is 0 Å². The van der Waals surface area contributed by atoms with Crippen LogP contribution in [0.1, 0.15) is 55.6 Å². The smallest absolute Gasteiger partial charge is 0.345 e. The van der Waals surface area contributed by atoms with Crippen molar-refractivity contribution in [1.29, 1.82) is 0 Å². The molecule has 3 heterocycles. The molecule has 2 aliphatic heterocycles. The number of carbonyl (C=O) groups is 1. The third kappa shape index (κ3) is 7.73. The Morgan fingerprint density at radius 2 is 1.78 bits per heavy atom. The molecule has 2 saturated heterocycles. The van der Waals surface area contributed by atoms with Gasteiger partial charge in [-0.3, -0.25) is 0 Å². The molecule has 1 aromatic carbocycles. The van der Waals surface area contributed by atoms with E-state index in [2.05, 4.69) is 23.6 Å². The van der Waals surface area contributed by atoms with Gasteiger partial charge in [-0.05, 0) is 76.0 Å². The number of carboxylic acids is 1. The van der Waals surface area contributed by atoms with Crippen LogP contribution in [0.2, 0.25) is 0 Å². The van der Waals surface area contributed by atoms with Gasteiger partial charge in [-0.15, -0.1) is 11.3 Å². The number of likely N-dealkylation sites (tertiary alicyclic amines) is 2. The highest BCUT2D eigenvalue weighted by Crippen LogP contribution is 2.33. The molecule has 0 unspecified atom stereocenters. The number of benzene rings is 1. The molecule has 4 rings (SSSR count). The molecule has 2 fully saturated rings. The number of carboxylic acid groups (broad SMARTS) is 1. The zero-order valence-electron chi connectivity index (χ0n) is 19.6. The molecular weight excluding hydrogens is 422 g/mol. The van der Waals surface area contributed by atoms with Crippen LogP contribution in [0.5, 0.6) is 5.75 Å². The fourth-order valence-corrected chi connectivity index (χ4v) is 5.08. The van der Waals surface area contributed by atoms with Crippen molar-refractivity contribution in [2.75, 3.05) is 45.9 Å². The molecule has 0 radical (unpaired) electrons. The first-order valence-electron chi connectivity index (χ1n) is 12.0.